The van der Waals surface area contributed by atoms with Gasteiger partial charge in [0.1, 0.15) is 6.10 Å². The summed E-state index contributed by atoms with van der Waals surface area (Å²) < 4.78 is 5.74. The zero-order valence-electron chi connectivity index (χ0n) is 15.4. The van der Waals surface area contributed by atoms with Crippen molar-refractivity contribution in [2.45, 2.75) is 25.6 Å². The van der Waals surface area contributed by atoms with Gasteiger partial charge in [0.2, 0.25) is 0 Å². The molecule has 3 aromatic carbocycles. The van der Waals surface area contributed by atoms with E-state index in [-0.39, 0.29) is 6.10 Å². The van der Waals surface area contributed by atoms with Crippen molar-refractivity contribution in [3.63, 3.8) is 0 Å². The second-order valence-corrected chi connectivity index (χ2v) is 6.86. The van der Waals surface area contributed by atoms with Crippen molar-refractivity contribution < 1.29 is 9.84 Å². The van der Waals surface area contributed by atoms with Crippen LogP contribution in [0.15, 0.2) is 83.9 Å². The summed E-state index contributed by atoms with van der Waals surface area (Å²) in [5, 5.41) is 9.98. The van der Waals surface area contributed by atoms with Gasteiger partial charge in [0.05, 0.1) is 24.1 Å². The van der Waals surface area contributed by atoms with Crippen LogP contribution < -0.4 is 0 Å². The first-order valence-corrected chi connectivity index (χ1v) is 9.34. The second kappa shape index (κ2) is 7.87. The number of aliphatic hydroxyl groups excluding tert-OH is 1. The number of benzene rings is 3. The molecule has 1 aliphatic rings. The minimum absolute atomic E-state index is 0.255. The molecule has 1 unspecified atom stereocenters. The lowest BCUT2D eigenvalue weighted by Gasteiger charge is -2.28. The van der Waals surface area contributed by atoms with Gasteiger partial charge in [0.25, 0.3) is 0 Å². The van der Waals surface area contributed by atoms with E-state index in [0.29, 0.717) is 6.61 Å². The quantitative estimate of drug-likeness (QED) is 0.678. The number of hydrogen-bond acceptors (Lipinski definition) is 3. The highest BCUT2D eigenvalue weighted by Crippen LogP contribution is 2.32. The third-order valence-corrected chi connectivity index (χ3v) is 4.88. The Morgan fingerprint density at radius 3 is 2.19 bits per heavy atom. The molecule has 1 aliphatic heterocycles. The van der Waals surface area contributed by atoms with E-state index in [2.05, 4.69) is 30.3 Å². The van der Waals surface area contributed by atoms with Crippen LogP contribution in [0.3, 0.4) is 0 Å². The third-order valence-electron chi connectivity index (χ3n) is 4.88. The minimum atomic E-state index is -0.525. The number of hydrogen-bond donors (Lipinski definition) is 1. The summed E-state index contributed by atoms with van der Waals surface area (Å²) in [6.45, 7) is 2.40. The average molecular weight is 357 g/mol. The van der Waals surface area contributed by atoms with Gasteiger partial charge >= 0.3 is 0 Å². The van der Waals surface area contributed by atoms with Gasteiger partial charge < -0.3 is 9.84 Å². The maximum atomic E-state index is 9.98. The molecule has 3 heteroatoms. The molecule has 3 aromatic rings. The van der Waals surface area contributed by atoms with Crippen LogP contribution in [0.4, 0.5) is 5.69 Å². The SMILES string of the molecule is CC(O)[C@H]1OCCc2cc(N=C(c3ccccc3)c3ccccc3)ccc21. The van der Waals surface area contributed by atoms with Gasteiger partial charge in [-0.3, -0.25) is 0 Å². The van der Waals surface area contributed by atoms with Crippen LogP contribution in [0.25, 0.3) is 0 Å². The fraction of sp³-hybridized carbons (Fsp3) is 0.208. The molecule has 0 fully saturated rings. The van der Waals surface area contributed by atoms with Gasteiger partial charge in [0, 0.05) is 11.1 Å². The molecule has 136 valence electrons. The maximum Gasteiger partial charge on any atom is 0.108 e. The maximum absolute atomic E-state index is 9.98. The van der Waals surface area contributed by atoms with E-state index in [1.165, 1.54) is 5.56 Å². The van der Waals surface area contributed by atoms with Crippen molar-refractivity contribution in [2.75, 3.05) is 6.61 Å². The fourth-order valence-electron chi connectivity index (χ4n) is 3.56. The number of ether oxygens (including phenoxy) is 1. The van der Waals surface area contributed by atoms with Crippen molar-refractivity contribution in [1.82, 2.24) is 0 Å². The highest BCUT2D eigenvalue weighted by Gasteiger charge is 2.25. The Morgan fingerprint density at radius 2 is 1.59 bits per heavy atom. The van der Waals surface area contributed by atoms with E-state index in [0.717, 1.165) is 34.5 Å². The summed E-state index contributed by atoms with van der Waals surface area (Å²) in [6.07, 6.45) is 0.0607. The normalized spacial score (nSPS) is 17.0. The molecule has 0 spiro atoms. The minimum Gasteiger partial charge on any atom is -0.390 e. The zero-order valence-corrected chi connectivity index (χ0v) is 15.4. The molecule has 0 amide bonds. The van der Waals surface area contributed by atoms with Crippen LogP contribution in [0.2, 0.25) is 0 Å². The van der Waals surface area contributed by atoms with Crippen molar-refractivity contribution >= 4 is 11.4 Å². The van der Waals surface area contributed by atoms with Crippen molar-refractivity contribution in [2.24, 2.45) is 4.99 Å². The Kier molecular flexibility index (Phi) is 5.14. The summed E-state index contributed by atoms with van der Waals surface area (Å²) in [7, 11) is 0. The highest BCUT2D eigenvalue weighted by molar-refractivity contribution is 6.13. The molecule has 0 aromatic heterocycles. The molecule has 4 rings (SSSR count). The Labute approximate surface area is 160 Å². The van der Waals surface area contributed by atoms with Crippen LogP contribution in [0, 0.1) is 0 Å². The lowest BCUT2D eigenvalue weighted by Crippen LogP contribution is -2.24. The molecule has 0 aliphatic carbocycles. The number of rotatable bonds is 4. The van der Waals surface area contributed by atoms with Gasteiger partial charge in [-0.05, 0) is 36.6 Å². The topological polar surface area (TPSA) is 41.8 Å². The molecule has 1 heterocycles. The third kappa shape index (κ3) is 3.85. The first-order valence-electron chi connectivity index (χ1n) is 9.34. The Balaban J connectivity index is 1.77. The standard InChI is InChI=1S/C24H23NO2/c1-17(26)24-22-13-12-21(16-20(22)14-15-27-24)25-23(18-8-4-2-5-9-18)19-10-6-3-7-11-19/h2-13,16-17,24,26H,14-15H2,1H3/t17?,24-/m1/s1. The molecule has 1 N–H and O–H groups in total. The molecular formula is C24H23NO2. The summed E-state index contributed by atoms with van der Waals surface area (Å²) in [4.78, 5) is 4.99. The molecular weight excluding hydrogens is 334 g/mol. The highest BCUT2D eigenvalue weighted by atomic mass is 16.5. The van der Waals surface area contributed by atoms with E-state index in [1.807, 2.05) is 48.5 Å². The van der Waals surface area contributed by atoms with Gasteiger partial charge in [-0.15, -0.1) is 0 Å². The monoisotopic (exact) mass is 357 g/mol. The first-order chi connectivity index (χ1) is 13.2. The molecule has 0 saturated carbocycles. The average Bonchev–Trinajstić information content (AvgIpc) is 2.72. The Hall–Kier alpha value is -2.75. The van der Waals surface area contributed by atoms with Crippen LogP contribution in [-0.4, -0.2) is 23.5 Å². The second-order valence-electron chi connectivity index (χ2n) is 6.86. The molecule has 0 bridgehead atoms. The predicted octanol–water partition coefficient (Wildman–Crippen LogP) is 4.85. The lowest BCUT2D eigenvalue weighted by atomic mass is 9.94. The van der Waals surface area contributed by atoms with Gasteiger partial charge in [-0.1, -0.05) is 66.7 Å². The van der Waals surface area contributed by atoms with E-state index >= 15 is 0 Å². The van der Waals surface area contributed by atoms with Crippen LogP contribution in [0.5, 0.6) is 0 Å². The fourth-order valence-corrected chi connectivity index (χ4v) is 3.56. The van der Waals surface area contributed by atoms with Crippen molar-refractivity contribution in [3.05, 3.63) is 101 Å². The summed E-state index contributed by atoms with van der Waals surface area (Å²) in [6, 6.07) is 26.7. The summed E-state index contributed by atoms with van der Waals surface area (Å²) >= 11 is 0. The smallest absolute Gasteiger partial charge is 0.108 e. The number of fused-ring (bicyclic) bond motifs is 1. The largest absolute Gasteiger partial charge is 0.390 e. The van der Waals surface area contributed by atoms with Crippen molar-refractivity contribution in [3.8, 4) is 0 Å². The zero-order chi connectivity index (χ0) is 18.6. The van der Waals surface area contributed by atoms with Crippen molar-refractivity contribution in [1.29, 1.82) is 0 Å². The van der Waals surface area contributed by atoms with Gasteiger partial charge in [0.15, 0.2) is 0 Å². The Morgan fingerprint density at radius 1 is 0.963 bits per heavy atom. The molecule has 3 nitrogen and oxygen atoms in total. The van der Waals surface area contributed by atoms with E-state index < -0.39 is 6.10 Å². The number of aliphatic hydroxyl groups is 1. The molecule has 27 heavy (non-hydrogen) atoms. The summed E-state index contributed by atoms with van der Waals surface area (Å²) in [5.41, 5.74) is 6.32. The predicted molar refractivity (Wildman–Crippen MR) is 109 cm³/mol. The first kappa shape index (κ1) is 17.7. The molecule has 2 atom stereocenters. The van der Waals surface area contributed by atoms with Gasteiger partial charge in [-0.25, -0.2) is 4.99 Å². The van der Waals surface area contributed by atoms with Crippen LogP contribution in [0.1, 0.15) is 35.3 Å². The number of nitrogens with zero attached hydrogens (tertiary/aromatic N) is 1. The van der Waals surface area contributed by atoms with E-state index in [1.54, 1.807) is 6.92 Å². The van der Waals surface area contributed by atoms with Crippen LogP contribution in [-0.2, 0) is 11.2 Å². The molecule has 0 saturated heterocycles. The molecule has 0 radical (unpaired) electrons. The van der Waals surface area contributed by atoms with E-state index in [9.17, 15) is 5.11 Å². The summed E-state index contributed by atoms with van der Waals surface area (Å²) in [5.74, 6) is 0. The van der Waals surface area contributed by atoms with Gasteiger partial charge in [-0.2, -0.15) is 0 Å². The lowest BCUT2D eigenvalue weighted by molar-refractivity contribution is -0.0385. The number of aliphatic imine (C=N–C) groups is 1. The Bertz CT molecular complexity index is 892. The van der Waals surface area contributed by atoms with Crippen LogP contribution >= 0.6 is 0 Å². The van der Waals surface area contributed by atoms with E-state index in [4.69, 9.17) is 9.73 Å².